The molecule has 122 valence electrons. The highest BCUT2D eigenvalue weighted by Gasteiger charge is 2.21. The molecule has 0 fully saturated rings. The lowest BCUT2D eigenvalue weighted by Gasteiger charge is -2.14. The summed E-state index contributed by atoms with van der Waals surface area (Å²) in [7, 11) is 0. The SMILES string of the molecule is CCCCCCCCCC(=O)NC(C(=O)O)c1ccccc1. The molecule has 1 unspecified atom stereocenters. The van der Waals surface area contributed by atoms with Crippen LogP contribution in [-0.4, -0.2) is 17.0 Å². The summed E-state index contributed by atoms with van der Waals surface area (Å²) in [5.41, 5.74) is 0.600. The van der Waals surface area contributed by atoms with E-state index in [1.165, 1.54) is 25.7 Å². The third-order valence-electron chi connectivity index (χ3n) is 3.69. The van der Waals surface area contributed by atoms with Gasteiger partial charge in [0.15, 0.2) is 6.04 Å². The van der Waals surface area contributed by atoms with Crippen LogP contribution in [0.2, 0.25) is 0 Å². The fraction of sp³-hybridized carbons (Fsp3) is 0.556. The van der Waals surface area contributed by atoms with Crippen molar-refractivity contribution in [1.29, 1.82) is 0 Å². The average molecular weight is 305 g/mol. The Morgan fingerprint density at radius 2 is 1.59 bits per heavy atom. The van der Waals surface area contributed by atoms with Crippen LogP contribution in [0.15, 0.2) is 30.3 Å². The third kappa shape index (κ3) is 7.25. The molecular formula is C18H27NO3. The number of hydrogen-bond acceptors (Lipinski definition) is 2. The lowest BCUT2D eigenvalue weighted by atomic mass is 10.1. The highest BCUT2D eigenvalue weighted by atomic mass is 16.4. The third-order valence-corrected chi connectivity index (χ3v) is 3.69. The van der Waals surface area contributed by atoms with E-state index in [4.69, 9.17) is 0 Å². The van der Waals surface area contributed by atoms with Crippen molar-refractivity contribution in [3.05, 3.63) is 35.9 Å². The fourth-order valence-corrected chi connectivity index (χ4v) is 2.41. The number of carboxylic acids is 1. The van der Waals surface area contributed by atoms with Gasteiger partial charge in [0.25, 0.3) is 0 Å². The Kier molecular flexibility index (Phi) is 8.96. The van der Waals surface area contributed by atoms with Crippen LogP contribution in [0.4, 0.5) is 0 Å². The molecule has 0 aliphatic carbocycles. The molecule has 1 aromatic carbocycles. The van der Waals surface area contributed by atoms with Crippen LogP contribution in [0.3, 0.4) is 0 Å². The zero-order chi connectivity index (χ0) is 16.2. The maximum atomic E-state index is 11.9. The molecule has 0 aromatic heterocycles. The van der Waals surface area contributed by atoms with Crippen LogP contribution in [-0.2, 0) is 9.59 Å². The molecule has 1 atom stereocenters. The monoisotopic (exact) mass is 305 g/mol. The second-order valence-corrected chi connectivity index (χ2v) is 5.62. The van der Waals surface area contributed by atoms with Crippen molar-refractivity contribution in [3.8, 4) is 0 Å². The van der Waals surface area contributed by atoms with Gasteiger partial charge in [0.2, 0.25) is 5.91 Å². The first-order chi connectivity index (χ1) is 10.6. The summed E-state index contributed by atoms with van der Waals surface area (Å²) in [4.78, 5) is 23.2. The Morgan fingerprint density at radius 3 is 2.18 bits per heavy atom. The average Bonchev–Trinajstić information content (AvgIpc) is 2.52. The minimum atomic E-state index is -1.03. The highest BCUT2D eigenvalue weighted by molar-refractivity contribution is 5.84. The molecule has 2 N–H and O–H groups in total. The molecule has 0 aliphatic heterocycles. The van der Waals surface area contributed by atoms with Crippen LogP contribution in [0, 0.1) is 0 Å². The predicted molar refractivity (Wildman–Crippen MR) is 87.6 cm³/mol. The normalized spacial score (nSPS) is 11.9. The highest BCUT2D eigenvalue weighted by Crippen LogP contribution is 2.14. The van der Waals surface area contributed by atoms with Crippen molar-refractivity contribution >= 4 is 11.9 Å². The van der Waals surface area contributed by atoms with E-state index in [1.54, 1.807) is 24.3 Å². The molecule has 0 bridgehead atoms. The number of benzene rings is 1. The maximum absolute atomic E-state index is 11.9. The van der Waals surface area contributed by atoms with Crippen molar-refractivity contribution in [2.75, 3.05) is 0 Å². The zero-order valence-electron chi connectivity index (χ0n) is 13.4. The lowest BCUT2D eigenvalue weighted by Crippen LogP contribution is -2.33. The second-order valence-electron chi connectivity index (χ2n) is 5.62. The van der Waals surface area contributed by atoms with Gasteiger partial charge in [0.05, 0.1) is 0 Å². The van der Waals surface area contributed by atoms with Gasteiger partial charge in [-0.3, -0.25) is 4.79 Å². The summed E-state index contributed by atoms with van der Waals surface area (Å²) in [6.45, 7) is 2.19. The maximum Gasteiger partial charge on any atom is 0.330 e. The Labute approximate surface area is 132 Å². The Hall–Kier alpha value is -1.84. The van der Waals surface area contributed by atoms with Crippen molar-refractivity contribution in [3.63, 3.8) is 0 Å². The summed E-state index contributed by atoms with van der Waals surface area (Å²) in [5, 5.41) is 11.9. The molecule has 0 heterocycles. The molecule has 0 spiro atoms. The summed E-state index contributed by atoms with van der Waals surface area (Å²) in [6.07, 6.45) is 8.38. The van der Waals surface area contributed by atoms with Gasteiger partial charge in [0.1, 0.15) is 0 Å². The number of nitrogens with one attached hydrogen (secondary N) is 1. The minimum absolute atomic E-state index is 0.190. The number of carbonyl (C=O) groups is 2. The van der Waals surface area contributed by atoms with Crippen LogP contribution >= 0.6 is 0 Å². The van der Waals surface area contributed by atoms with E-state index in [-0.39, 0.29) is 5.91 Å². The van der Waals surface area contributed by atoms with Gasteiger partial charge in [-0.2, -0.15) is 0 Å². The van der Waals surface area contributed by atoms with Crippen LogP contribution in [0.5, 0.6) is 0 Å². The zero-order valence-corrected chi connectivity index (χ0v) is 13.4. The van der Waals surface area contributed by atoms with Crippen molar-refractivity contribution in [1.82, 2.24) is 5.32 Å². The molecule has 1 aromatic rings. The smallest absolute Gasteiger partial charge is 0.330 e. The molecule has 4 nitrogen and oxygen atoms in total. The van der Waals surface area contributed by atoms with E-state index in [0.29, 0.717) is 12.0 Å². The number of rotatable bonds is 11. The van der Waals surface area contributed by atoms with Crippen LogP contribution in [0.1, 0.15) is 69.9 Å². The second kappa shape index (κ2) is 10.8. The predicted octanol–water partition coefficient (Wildman–Crippen LogP) is 4.07. The van der Waals surface area contributed by atoms with E-state index in [2.05, 4.69) is 12.2 Å². The van der Waals surface area contributed by atoms with Gasteiger partial charge >= 0.3 is 5.97 Å². The molecule has 1 amide bonds. The van der Waals surface area contributed by atoms with Crippen molar-refractivity contribution < 1.29 is 14.7 Å². The number of aliphatic carboxylic acids is 1. The van der Waals surface area contributed by atoms with E-state index in [1.807, 2.05) is 6.07 Å². The molecule has 22 heavy (non-hydrogen) atoms. The molecule has 0 saturated carbocycles. The lowest BCUT2D eigenvalue weighted by molar-refractivity contribution is -0.142. The van der Waals surface area contributed by atoms with E-state index >= 15 is 0 Å². The van der Waals surface area contributed by atoms with Gasteiger partial charge in [0, 0.05) is 6.42 Å². The van der Waals surface area contributed by atoms with Crippen LogP contribution in [0.25, 0.3) is 0 Å². The molecule has 0 aliphatic rings. The summed E-state index contributed by atoms with van der Waals surface area (Å²) >= 11 is 0. The van der Waals surface area contributed by atoms with Gasteiger partial charge < -0.3 is 10.4 Å². The van der Waals surface area contributed by atoms with E-state index in [0.717, 1.165) is 19.3 Å². The Morgan fingerprint density at radius 1 is 1.00 bits per heavy atom. The summed E-state index contributed by atoms with van der Waals surface area (Å²) in [6, 6.07) is 7.84. The van der Waals surface area contributed by atoms with Crippen molar-refractivity contribution in [2.24, 2.45) is 0 Å². The van der Waals surface area contributed by atoms with Crippen LogP contribution < -0.4 is 5.32 Å². The quantitative estimate of drug-likeness (QED) is 0.606. The molecular weight excluding hydrogens is 278 g/mol. The minimum Gasteiger partial charge on any atom is -0.479 e. The van der Waals surface area contributed by atoms with Crippen molar-refractivity contribution in [2.45, 2.75) is 64.3 Å². The largest absolute Gasteiger partial charge is 0.479 e. The number of carbonyl (C=O) groups excluding carboxylic acids is 1. The summed E-state index contributed by atoms with van der Waals surface area (Å²) in [5.74, 6) is -1.22. The topological polar surface area (TPSA) is 66.4 Å². The first-order valence-electron chi connectivity index (χ1n) is 8.22. The molecule has 4 heteroatoms. The van der Waals surface area contributed by atoms with Gasteiger partial charge in [-0.1, -0.05) is 75.8 Å². The van der Waals surface area contributed by atoms with E-state index in [9.17, 15) is 14.7 Å². The van der Waals surface area contributed by atoms with E-state index < -0.39 is 12.0 Å². The number of carboxylic acid groups (broad SMARTS) is 1. The van der Waals surface area contributed by atoms with Gasteiger partial charge in [-0.05, 0) is 12.0 Å². The standard InChI is InChI=1S/C18H27NO3/c1-2-3-4-5-6-7-11-14-16(20)19-17(18(21)22)15-12-9-8-10-13-15/h8-10,12-13,17H,2-7,11,14H2,1H3,(H,19,20)(H,21,22). The van der Waals surface area contributed by atoms with Gasteiger partial charge in [-0.25, -0.2) is 4.79 Å². The van der Waals surface area contributed by atoms with Gasteiger partial charge in [-0.15, -0.1) is 0 Å². The first kappa shape index (κ1) is 18.2. The Balaban J connectivity index is 2.29. The summed E-state index contributed by atoms with van der Waals surface area (Å²) < 4.78 is 0. The fourth-order valence-electron chi connectivity index (χ4n) is 2.41. The number of unbranched alkanes of at least 4 members (excludes halogenated alkanes) is 6. The molecule has 1 rings (SSSR count). The molecule has 0 radical (unpaired) electrons. The first-order valence-corrected chi connectivity index (χ1v) is 8.22. The number of hydrogen-bond donors (Lipinski definition) is 2. The number of amides is 1. The Bertz CT molecular complexity index is 445. The molecule has 0 saturated heterocycles.